The van der Waals surface area contributed by atoms with Crippen molar-refractivity contribution in [3.8, 4) is 0 Å². The molecule has 7 nitrogen and oxygen atoms in total. The quantitative estimate of drug-likeness (QED) is 0.842. The van der Waals surface area contributed by atoms with Crippen LogP contribution in [0.3, 0.4) is 0 Å². The maximum atomic E-state index is 13.0. The summed E-state index contributed by atoms with van der Waals surface area (Å²) in [6.07, 6.45) is 5.86. The zero-order valence-electron chi connectivity index (χ0n) is 15.6. The second kappa shape index (κ2) is 7.76. The molecule has 140 valence electrons. The van der Waals surface area contributed by atoms with Crippen LogP contribution >= 0.6 is 0 Å². The zero-order chi connectivity index (χ0) is 18.7. The molecule has 0 spiro atoms. The summed E-state index contributed by atoms with van der Waals surface area (Å²) in [4.78, 5) is 33.4. The van der Waals surface area contributed by atoms with Crippen molar-refractivity contribution in [2.75, 3.05) is 26.2 Å². The highest BCUT2D eigenvalue weighted by molar-refractivity contribution is 5.91. The molecule has 1 saturated heterocycles. The molecule has 0 N–H and O–H groups in total. The molecule has 0 unspecified atom stereocenters. The number of amides is 2. The summed E-state index contributed by atoms with van der Waals surface area (Å²) in [6.45, 7) is 8.36. The lowest BCUT2D eigenvalue weighted by Gasteiger charge is -2.26. The van der Waals surface area contributed by atoms with Gasteiger partial charge in [-0.2, -0.15) is 0 Å². The van der Waals surface area contributed by atoms with Gasteiger partial charge in [0.05, 0.1) is 6.26 Å². The van der Waals surface area contributed by atoms with Crippen molar-refractivity contribution < 1.29 is 14.0 Å². The number of hydrogen-bond acceptors (Lipinski definition) is 4. The Morgan fingerprint density at radius 3 is 2.54 bits per heavy atom. The lowest BCUT2D eigenvalue weighted by Crippen LogP contribution is -2.40. The molecule has 1 aliphatic heterocycles. The SMILES string of the molecule is CC(C)c1nccn1[C@@H](C)C(=O)N1CCCN(C(=O)c2ccco2)CC1. The Bertz CT molecular complexity index is 751. The Morgan fingerprint density at radius 2 is 1.85 bits per heavy atom. The molecule has 0 bridgehead atoms. The van der Waals surface area contributed by atoms with Crippen molar-refractivity contribution in [2.24, 2.45) is 0 Å². The van der Waals surface area contributed by atoms with Crippen LogP contribution in [0, 0.1) is 0 Å². The molecule has 26 heavy (non-hydrogen) atoms. The van der Waals surface area contributed by atoms with Gasteiger partial charge in [-0.05, 0) is 25.5 Å². The number of aromatic nitrogens is 2. The van der Waals surface area contributed by atoms with E-state index < -0.39 is 0 Å². The Hall–Kier alpha value is -2.57. The van der Waals surface area contributed by atoms with Gasteiger partial charge in [-0.25, -0.2) is 4.98 Å². The van der Waals surface area contributed by atoms with E-state index >= 15 is 0 Å². The van der Waals surface area contributed by atoms with E-state index in [0.717, 1.165) is 12.2 Å². The number of hydrogen-bond donors (Lipinski definition) is 0. The number of carbonyl (C=O) groups is 2. The fraction of sp³-hybridized carbons (Fsp3) is 0.526. The van der Waals surface area contributed by atoms with Crippen molar-refractivity contribution in [3.05, 3.63) is 42.4 Å². The van der Waals surface area contributed by atoms with Gasteiger partial charge in [0.1, 0.15) is 11.9 Å². The van der Waals surface area contributed by atoms with Crippen LogP contribution in [-0.4, -0.2) is 57.3 Å². The smallest absolute Gasteiger partial charge is 0.289 e. The Labute approximate surface area is 153 Å². The van der Waals surface area contributed by atoms with Crippen LogP contribution in [0.25, 0.3) is 0 Å². The summed E-state index contributed by atoms with van der Waals surface area (Å²) in [6, 6.07) is 3.08. The van der Waals surface area contributed by atoms with Gasteiger partial charge in [-0.15, -0.1) is 0 Å². The van der Waals surface area contributed by atoms with Crippen molar-refractivity contribution in [1.82, 2.24) is 19.4 Å². The Balaban J connectivity index is 1.66. The first-order chi connectivity index (χ1) is 12.5. The fourth-order valence-corrected chi connectivity index (χ4v) is 3.38. The minimum atomic E-state index is -0.303. The van der Waals surface area contributed by atoms with Crippen molar-refractivity contribution >= 4 is 11.8 Å². The topological polar surface area (TPSA) is 71.6 Å². The molecule has 0 radical (unpaired) electrons. The van der Waals surface area contributed by atoms with Crippen LogP contribution in [0.1, 0.15) is 55.5 Å². The minimum absolute atomic E-state index is 0.0668. The van der Waals surface area contributed by atoms with Gasteiger partial charge in [0.15, 0.2) is 5.76 Å². The molecule has 0 saturated carbocycles. The predicted octanol–water partition coefficient (Wildman–Crippen LogP) is 2.54. The van der Waals surface area contributed by atoms with E-state index in [9.17, 15) is 9.59 Å². The number of furan rings is 1. The molecule has 2 aromatic heterocycles. The van der Waals surface area contributed by atoms with Crippen molar-refractivity contribution in [1.29, 1.82) is 0 Å². The van der Waals surface area contributed by atoms with E-state index in [1.165, 1.54) is 6.26 Å². The highest BCUT2D eigenvalue weighted by atomic mass is 16.3. The molecule has 2 amide bonds. The molecule has 3 rings (SSSR count). The van der Waals surface area contributed by atoms with E-state index in [0.29, 0.717) is 31.9 Å². The van der Waals surface area contributed by atoms with Gasteiger partial charge in [0.25, 0.3) is 5.91 Å². The van der Waals surface area contributed by atoms with E-state index in [-0.39, 0.29) is 23.8 Å². The van der Waals surface area contributed by atoms with Crippen LogP contribution in [0.5, 0.6) is 0 Å². The third-order valence-electron chi connectivity index (χ3n) is 4.82. The average Bonchev–Trinajstić information content (AvgIpc) is 3.27. The Morgan fingerprint density at radius 1 is 1.12 bits per heavy atom. The van der Waals surface area contributed by atoms with E-state index in [1.54, 1.807) is 23.2 Å². The summed E-state index contributed by atoms with van der Waals surface area (Å²) in [5.74, 6) is 1.46. The zero-order valence-corrected chi connectivity index (χ0v) is 15.6. The first-order valence-corrected chi connectivity index (χ1v) is 9.13. The normalized spacial score (nSPS) is 16.6. The highest BCUT2D eigenvalue weighted by Crippen LogP contribution is 2.20. The molecule has 2 aromatic rings. The first-order valence-electron chi connectivity index (χ1n) is 9.13. The summed E-state index contributed by atoms with van der Waals surface area (Å²) in [5.41, 5.74) is 0. The average molecular weight is 358 g/mol. The van der Waals surface area contributed by atoms with E-state index in [1.807, 2.05) is 22.6 Å². The van der Waals surface area contributed by atoms with Gasteiger partial charge in [-0.3, -0.25) is 9.59 Å². The minimum Gasteiger partial charge on any atom is -0.459 e. The molecule has 0 aliphatic carbocycles. The highest BCUT2D eigenvalue weighted by Gasteiger charge is 2.28. The number of imidazole rings is 1. The molecular formula is C19H26N4O3. The number of rotatable bonds is 4. The number of carbonyl (C=O) groups excluding carboxylic acids is 2. The van der Waals surface area contributed by atoms with Crippen LogP contribution < -0.4 is 0 Å². The van der Waals surface area contributed by atoms with Gasteiger partial charge in [-0.1, -0.05) is 13.8 Å². The molecular weight excluding hydrogens is 332 g/mol. The summed E-state index contributed by atoms with van der Waals surface area (Å²) >= 11 is 0. The molecule has 1 fully saturated rings. The third kappa shape index (κ3) is 3.66. The molecule has 1 aliphatic rings. The molecule has 3 heterocycles. The maximum Gasteiger partial charge on any atom is 0.289 e. The van der Waals surface area contributed by atoms with Crippen molar-refractivity contribution in [3.63, 3.8) is 0 Å². The number of nitrogens with zero attached hydrogens (tertiary/aromatic N) is 4. The summed E-state index contributed by atoms with van der Waals surface area (Å²) in [5, 5.41) is 0. The fourth-order valence-electron chi connectivity index (χ4n) is 3.38. The van der Waals surface area contributed by atoms with Crippen LogP contribution in [-0.2, 0) is 4.79 Å². The third-order valence-corrected chi connectivity index (χ3v) is 4.82. The first kappa shape index (κ1) is 18.2. The van der Waals surface area contributed by atoms with E-state index in [2.05, 4.69) is 18.8 Å². The molecule has 0 aromatic carbocycles. The monoisotopic (exact) mass is 358 g/mol. The summed E-state index contributed by atoms with van der Waals surface area (Å²) in [7, 11) is 0. The Kier molecular flexibility index (Phi) is 5.44. The lowest BCUT2D eigenvalue weighted by molar-refractivity contribution is -0.134. The van der Waals surface area contributed by atoms with Crippen molar-refractivity contribution in [2.45, 2.75) is 39.2 Å². The standard InChI is InChI=1S/C19H26N4O3/c1-14(2)17-20-7-10-23(17)15(3)18(24)21-8-5-9-22(12-11-21)19(25)16-6-4-13-26-16/h4,6-7,10,13-15H,5,8-9,11-12H2,1-3H3/t15-/m0/s1. The van der Waals surface area contributed by atoms with Gasteiger partial charge in [0.2, 0.25) is 5.91 Å². The van der Waals surface area contributed by atoms with Gasteiger partial charge in [0, 0.05) is 44.5 Å². The van der Waals surface area contributed by atoms with Crippen LogP contribution in [0.15, 0.2) is 35.2 Å². The van der Waals surface area contributed by atoms with Gasteiger partial charge < -0.3 is 18.8 Å². The summed E-state index contributed by atoms with van der Waals surface area (Å²) < 4.78 is 7.15. The second-order valence-electron chi connectivity index (χ2n) is 6.97. The lowest BCUT2D eigenvalue weighted by atomic mass is 10.2. The van der Waals surface area contributed by atoms with Crippen LogP contribution in [0.2, 0.25) is 0 Å². The molecule has 1 atom stereocenters. The second-order valence-corrected chi connectivity index (χ2v) is 6.97. The maximum absolute atomic E-state index is 13.0. The molecule has 7 heteroatoms. The van der Waals surface area contributed by atoms with Gasteiger partial charge >= 0.3 is 0 Å². The van der Waals surface area contributed by atoms with Crippen LogP contribution in [0.4, 0.5) is 0 Å². The van der Waals surface area contributed by atoms with E-state index in [4.69, 9.17) is 4.42 Å². The largest absolute Gasteiger partial charge is 0.459 e. The predicted molar refractivity (Wildman–Crippen MR) is 96.8 cm³/mol.